The number of aliphatic hydroxyl groups is 1. The molecule has 8 heteroatoms. The van der Waals surface area contributed by atoms with Crippen molar-refractivity contribution < 1.29 is 19.4 Å². The maximum Gasteiger partial charge on any atom is 0.410 e. The molecule has 2 aliphatic rings. The first-order chi connectivity index (χ1) is 16.5. The van der Waals surface area contributed by atoms with E-state index in [0.717, 1.165) is 41.6 Å². The van der Waals surface area contributed by atoms with Crippen LogP contribution in [-0.2, 0) is 17.8 Å². The highest BCUT2D eigenvalue weighted by molar-refractivity contribution is 5.77. The van der Waals surface area contributed by atoms with Gasteiger partial charge in [0.1, 0.15) is 11.4 Å². The third-order valence-corrected chi connectivity index (χ3v) is 7.20. The fourth-order valence-electron chi connectivity index (χ4n) is 5.57. The number of carbonyl (C=O) groups excluding carboxylic acids is 1. The van der Waals surface area contributed by atoms with E-state index in [1.165, 1.54) is 0 Å². The van der Waals surface area contributed by atoms with Crippen LogP contribution in [0.3, 0.4) is 0 Å². The zero-order chi connectivity index (χ0) is 23.8. The molecule has 0 bridgehead atoms. The van der Waals surface area contributed by atoms with Crippen LogP contribution < -0.4 is 4.74 Å². The summed E-state index contributed by atoms with van der Waals surface area (Å²) in [5.74, 6) is 0.776. The van der Waals surface area contributed by atoms with E-state index in [2.05, 4.69) is 11.1 Å². The number of fused-ring (bicyclic) bond motifs is 1. The van der Waals surface area contributed by atoms with Crippen LogP contribution in [0.2, 0.25) is 0 Å². The first-order valence-electron chi connectivity index (χ1n) is 11.5. The highest BCUT2D eigenvalue weighted by atomic mass is 16.6. The molecule has 0 radical (unpaired) electrons. The standard InChI is InChI=1S/C26H28N4O4/c1-33-21-6-3-19(4-7-21)13-29-16-26(34-24(29)32)10-2-9-25(14-26,17-31)15-30-18-28-22-8-5-20(12-27)11-23(22)30/h3-8,11,18,31H,2,9-10,13-17H2,1H3/t25-,26+/m1/s1. The van der Waals surface area contributed by atoms with E-state index in [1.807, 2.05) is 41.0 Å². The number of rotatable bonds is 6. The fourth-order valence-corrected chi connectivity index (χ4v) is 5.57. The number of nitriles is 1. The minimum absolute atomic E-state index is 0.0115. The second-order valence-electron chi connectivity index (χ2n) is 9.63. The molecule has 1 aromatic heterocycles. The molecule has 1 saturated heterocycles. The molecular weight excluding hydrogens is 432 g/mol. The Morgan fingerprint density at radius 1 is 1.24 bits per heavy atom. The lowest BCUT2D eigenvalue weighted by Crippen LogP contribution is -2.47. The molecule has 2 aromatic carbocycles. The zero-order valence-electron chi connectivity index (χ0n) is 19.2. The van der Waals surface area contributed by atoms with E-state index in [1.54, 1.807) is 24.4 Å². The lowest BCUT2D eigenvalue weighted by molar-refractivity contribution is -0.0548. The molecule has 2 fully saturated rings. The maximum absolute atomic E-state index is 12.8. The monoisotopic (exact) mass is 460 g/mol. The second kappa shape index (κ2) is 8.65. The SMILES string of the molecule is COc1ccc(CN2C[C@@]3(CCC[C@](CO)(Cn4cnc5ccc(C#N)cc54)C3)OC2=O)cc1. The summed E-state index contributed by atoms with van der Waals surface area (Å²) >= 11 is 0. The molecule has 8 nitrogen and oxygen atoms in total. The normalized spacial score (nSPS) is 24.4. The Morgan fingerprint density at radius 2 is 2.06 bits per heavy atom. The first kappa shape index (κ1) is 22.2. The minimum atomic E-state index is -0.612. The van der Waals surface area contributed by atoms with Gasteiger partial charge in [-0.3, -0.25) is 4.90 Å². The topological polar surface area (TPSA) is 101 Å². The van der Waals surface area contributed by atoms with Gasteiger partial charge in [-0.05, 0) is 61.6 Å². The van der Waals surface area contributed by atoms with Crippen LogP contribution in [0.5, 0.6) is 5.75 Å². The summed E-state index contributed by atoms with van der Waals surface area (Å²) in [5, 5.41) is 19.8. The van der Waals surface area contributed by atoms with Crippen LogP contribution in [0.25, 0.3) is 11.0 Å². The second-order valence-corrected chi connectivity index (χ2v) is 9.63. The highest BCUT2D eigenvalue weighted by Crippen LogP contribution is 2.47. The molecule has 34 heavy (non-hydrogen) atoms. The fraction of sp³-hybridized carbons (Fsp3) is 0.423. The van der Waals surface area contributed by atoms with E-state index in [0.29, 0.717) is 31.6 Å². The van der Waals surface area contributed by atoms with Crippen LogP contribution in [0.4, 0.5) is 4.79 Å². The molecule has 1 aliphatic heterocycles. The zero-order valence-corrected chi connectivity index (χ0v) is 19.2. The Morgan fingerprint density at radius 3 is 2.79 bits per heavy atom. The Labute approximate surface area is 198 Å². The molecule has 1 aliphatic carbocycles. The summed E-state index contributed by atoms with van der Waals surface area (Å²) < 4.78 is 13.2. The smallest absolute Gasteiger partial charge is 0.410 e. The van der Waals surface area contributed by atoms with Crippen molar-refractivity contribution in [3.63, 3.8) is 0 Å². The molecule has 1 amide bonds. The summed E-state index contributed by atoms with van der Waals surface area (Å²) in [4.78, 5) is 19.0. The number of hydrogen-bond donors (Lipinski definition) is 1. The van der Waals surface area contributed by atoms with Gasteiger partial charge >= 0.3 is 6.09 Å². The minimum Gasteiger partial charge on any atom is -0.497 e. The van der Waals surface area contributed by atoms with Gasteiger partial charge in [0.15, 0.2) is 0 Å². The third-order valence-electron chi connectivity index (χ3n) is 7.20. The van der Waals surface area contributed by atoms with Crippen molar-refractivity contribution in [1.82, 2.24) is 14.5 Å². The summed E-state index contributed by atoms with van der Waals surface area (Å²) in [6.45, 7) is 1.51. The van der Waals surface area contributed by atoms with Gasteiger partial charge in [0.05, 0.1) is 49.3 Å². The predicted molar refractivity (Wildman–Crippen MR) is 125 cm³/mol. The number of ether oxygens (including phenoxy) is 2. The lowest BCUT2D eigenvalue weighted by Gasteiger charge is -2.44. The highest BCUT2D eigenvalue weighted by Gasteiger charge is 2.52. The van der Waals surface area contributed by atoms with Gasteiger partial charge in [-0.1, -0.05) is 12.1 Å². The Kier molecular flexibility index (Phi) is 5.66. The van der Waals surface area contributed by atoms with Crippen LogP contribution in [0.1, 0.15) is 36.8 Å². The van der Waals surface area contributed by atoms with Crippen molar-refractivity contribution in [3.8, 4) is 11.8 Å². The van der Waals surface area contributed by atoms with Crippen molar-refractivity contribution in [2.45, 2.75) is 44.4 Å². The number of aromatic nitrogens is 2. The van der Waals surface area contributed by atoms with E-state index in [-0.39, 0.29) is 12.7 Å². The quantitative estimate of drug-likeness (QED) is 0.600. The van der Waals surface area contributed by atoms with Crippen molar-refractivity contribution in [3.05, 3.63) is 59.9 Å². The van der Waals surface area contributed by atoms with Gasteiger partial charge in [0.25, 0.3) is 0 Å². The van der Waals surface area contributed by atoms with Crippen LogP contribution in [-0.4, -0.2) is 51.5 Å². The number of hydrogen-bond acceptors (Lipinski definition) is 6. The Hall–Kier alpha value is -3.57. The molecule has 2 atom stereocenters. The van der Waals surface area contributed by atoms with Crippen LogP contribution >= 0.6 is 0 Å². The number of carbonyl (C=O) groups is 1. The summed E-state index contributed by atoms with van der Waals surface area (Å²) in [6, 6.07) is 15.3. The van der Waals surface area contributed by atoms with Gasteiger partial charge in [0.2, 0.25) is 0 Å². The maximum atomic E-state index is 12.8. The molecular formula is C26H28N4O4. The predicted octanol–water partition coefficient (Wildman–Crippen LogP) is 3.86. The van der Waals surface area contributed by atoms with Gasteiger partial charge in [-0.2, -0.15) is 5.26 Å². The molecule has 3 aromatic rings. The molecule has 1 saturated carbocycles. The number of aliphatic hydroxyl groups excluding tert-OH is 1. The molecule has 1 N–H and O–H groups in total. The van der Waals surface area contributed by atoms with Crippen LogP contribution in [0.15, 0.2) is 48.8 Å². The first-order valence-corrected chi connectivity index (χ1v) is 11.5. The third kappa shape index (κ3) is 4.08. The molecule has 1 spiro atoms. The van der Waals surface area contributed by atoms with Gasteiger partial charge < -0.3 is 19.1 Å². The van der Waals surface area contributed by atoms with E-state index < -0.39 is 11.0 Å². The molecule has 176 valence electrons. The molecule has 2 heterocycles. The largest absolute Gasteiger partial charge is 0.497 e. The molecule has 0 unspecified atom stereocenters. The number of nitrogens with zero attached hydrogens (tertiary/aromatic N) is 4. The van der Waals surface area contributed by atoms with Gasteiger partial charge in [0, 0.05) is 18.5 Å². The Bertz CT molecular complexity index is 1250. The van der Waals surface area contributed by atoms with Crippen LogP contribution in [0, 0.1) is 16.7 Å². The van der Waals surface area contributed by atoms with Crippen molar-refractivity contribution in [2.24, 2.45) is 5.41 Å². The van der Waals surface area contributed by atoms with Crippen molar-refractivity contribution in [1.29, 1.82) is 5.26 Å². The van der Waals surface area contributed by atoms with E-state index >= 15 is 0 Å². The average molecular weight is 461 g/mol. The summed E-state index contributed by atoms with van der Waals surface area (Å²) in [7, 11) is 1.63. The average Bonchev–Trinajstić information content (AvgIpc) is 3.38. The summed E-state index contributed by atoms with van der Waals surface area (Å²) in [6.07, 6.45) is 4.51. The molecule has 5 rings (SSSR count). The van der Waals surface area contributed by atoms with E-state index in [9.17, 15) is 15.2 Å². The Balaban J connectivity index is 1.35. The lowest BCUT2D eigenvalue weighted by atomic mass is 9.67. The number of methoxy groups -OCH3 is 1. The number of imidazole rings is 1. The van der Waals surface area contributed by atoms with Gasteiger partial charge in [-0.15, -0.1) is 0 Å². The van der Waals surface area contributed by atoms with Gasteiger partial charge in [-0.25, -0.2) is 9.78 Å². The van der Waals surface area contributed by atoms with Crippen molar-refractivity contribution >= 4 is 17.1 Å². The van der Waals surface area contributed by atoms with E-state index in [4.69, 9.17) is 9.47 Å². The summed E-state index contributed by atoms with van der Waals surface area (Å²) in [5.41, 5.74) is 2.22. The number of amides is 1. The number of benzene rings is 2. The van der Waals surface area contributed by atoms with Crippen molar-refractivity contribution in [2.75, 3.05) is 20.3 Å².